The molecule has 1 aromatic heterocycles. The van der Waals surface area contributed by atoms with Gasteiger partial charge in [-0.05, 0) is 27.2 Å². The van der Waals surface area contributed by atoms with Crippen LogP contribution in [-0.2, 0) is 4.74 Å². The summed E-state index contributed by atoms with van der Waals surface area (Å²) in [5.74, 6) is 0.701. The van der Waals surface area contributed by atoms with Gasteiger partial charge in [0.2, 0.25) is 0 Å². The number of hydrogen-bond donors (Lipinski definition) is 1. The molecule has 0 spiro atoms. The molecule has 4 heteroatoms. The predicted molar refractivity (Wildman–Crippen MR) is 78.6 cm³/mol. The lowest BCUT2D eigenvalue weighted by atomic mass is 9.57. The fourth-order valence-corrected chi connectivity index (χ4v) is 4.90. The monoisotopic (exact) mass is 280 g/mol. The number of fused-ring (bicyclic) bond motifs is 1. The summed E-state index contributed by atoms with van der Waals surface area (Å²) in [7, 11) is 0. The largest absolute Gasteiger partial charge is 0.377 e. The standard InChI is InChI=1S/C15H24N2OS/c1-8-12(19-10(3)16-8)9(2)17-13-11-6-7-18-14(11)15(13,4)5/h9,11,13-14,17H,6-7H2,1-5H3. The summed E-state index contributed by atoms with van der Waals surface area (Å²) < 4.78 is 5.86. The van der Waals surface area contributed by atoms with Gasteiger partial charge in [-0.15, -0.1) is 11.3 Å². The first-order chi connectivity index (χ1) is 8.91. The maximum atomic E-state index is 5.86. The zero-order valence-electron chi connectivity index (χ0n) is 12.5. The summed E-state index contributed by atoms with van der Waals surface area (Å²) >= 11 is 1.82. The van der Waals surface area contributed by atoms with E-state index >= 15 is 0 Å². The van der Waals surface area contributed by atoms with Crippen molar-refractivity contribution in [3.63, 3.8) is 0 Å². The Bertz CT molecular complexity index is 482. The topological polar surface area (TPSA) is 34.2 Å². The average Bonchev–Trinajstić information content (AvgIpc) is 2.91. The summed E-state index contributed by atoms with van der Waals surface area (Å²) in [5.41, 5.74) is 1.43. The lowest BCUT2D eigenvalue weighted by Crippen LogP contribution is -2.66. The van der Waals surface area contributed by atoms with E-state index in [0.717, 1.165) is 11.6 Å². The number of thiazole rings is 1. The minimum absolute atomic E-state index is 0.253. The van der Waals surface area contributed by atoms with Gasteiger partial charge in [0, 0.05) is 34.9 Å². The Labute approximate surface area is 119 Å². The van der Waals surface area contributed by atoms with E-state index in [-0.39, 0.29) is 5.41 Å². The van der Waals surface area contributed by atoms with Crippen molar-refractivity contribution in [2.45, 2.75) is 59.2 Å². The molecular weight excluding hydrogens is 256 g/mol. The third kappa shape index (κ3) is 2.05. The van der Waals surface area contributed by atoms with E-state index in [0.29, 0.717) is 24.1 Å². The highest BCUT2D eigenvalue weighted by Gasteiger charge is 2.59. The highest BCUT2D eigenvalue weighted by molar-refractivity contribution is 7.11. The first-order valence-electron chi connectivity index (χ1n) is 7.23. The normalized spacial score (nSPS) is 33.8. The molecule has 4 atom stereocenters. The molecule has 1 saturated carbocycles. The molecule has 2 aliphatic rings. The van der Waals surface area contributed by atoms with Gasteiger partial charge in [-0.1, -0.05) is 13.8 Å². The molecule has 2 fully saturated rings. The molecule has 0 bridgehead atoms. The number of aryl methyl sites for hydroxylation is 2. The number of nitrogens with zero attached hydrogens (tertiary/aromatic N) is 1. The number of ether oxygens (including phenoxy) is 1. The smallest absolute Gasteiger partial charge is 0.0900 e. The van der Waals surface area contributed by atoms with E-state index in [1.807, 2.05) is 11.3 Å². The van der Waals surface area contributed by atoms with Gasteiger partial charge in [-0.2, -0.15) is 0 Å². The van der Waals surface area contributed by atoms with Gasteiger partial charge >= 0.3 is 0 Å². The Kier molecular flexibility index (Phi) is 3.23. The van der Waals surface area contributed by atoms with Crippen LogP contribution in [-0.4, -0.2) is 23.7 Å². The molecular formula is C15H24N2OS. The van der Waals surface area contributed by atoms with Crippen molar-refractivity contribution in [2.75, 3.05) is 6.61 Å². The number of hydrogen-bond acceptors (Lipinski definition) is 4. The van der Waals surface area contributed by atoms with Crippen molar-refractivity contribution < 1.29 is 4.74 Å². The second-order valence-electron chi connectivity index (χ2n) is 6.61. The molecule has 0 aromatic carbocycles. The number of rotatable bonds is 3. The number of nitrogens with one attached hydrogen (secondary N) is 1. The Balaban J connectivity index is 1.73. The molecule has 106 valence electrons. The summed E-state index contributed by atoms with van der Waals surface area (Å²) in [6.07, 6.45) is 1.67. The molecule has 0 radical (unpaired) electrons. The van der Waals surface area contributed by atoms with Crippen LogP contribution in [0, 0.1) is 25.2 Å². The fourth-order valence-electron chi connectivity index (χ4n) is 3.96. The van der Waals surface area contributed by atoms with E-state index in [1.54, 1.807) is 0 Å². The average molecular weight is 280 g/mol. The second kappa shape index (κ2) is 4.54. The van der Waals surface area contributed by atoms with Crippen molar-refractivity contribution in [3.8, 4) is 0 Å². The van der Waals surface area contributed by atoms with Crippen LogP contribution in [0.15, 0.2) is 0 Å². The minimum atomic E-state index is 0.253. The van der Waals surface area contributed by atoms with Crippen LogP contribution >= 0.6 is 11.3 Å². The Hall–Kier alpha value is -0.450. The van der Waals surface area contributed by atoms with Gasteiger partial charge in [0.15, 0.2) is 0 Å². The molecule has 1 aromatic rings. The first-order valence-corrected chi connectivity index (χ1v) is 8.04. The third-order valence-corrected chi connectivity index (χ3v) is 6.12. The Morgan fingerprint density at radius 1 is 1.42 bits per heavy atom. The highest BCUT2D eigenvalue weighted by atomic mass is 32.1. The summed E-state index contributed by atoms with van der Waals surface area (Å²) in [5, 5.41) is 5.00. The van der Waals surface area contributed by atoms with Gasteiger partial charge in [-0.25, -0.2) is 4.98 Å². The van der Waals surface area contributed by atoms with E-state index in [1.165, 1.54) is 17.0 Å². The SMILES string of the molecule is Cc1nc(C)c(C(C)NC2C3CCOC3C2(C)C)s1. The highest BCUT2D eigenvalue weighted by Crippen LogP contribution is 2.52. The van der Waals surface area contributed by atoms with Crippen molar-refractivity contribution in [1.82, 2.24) is 10.3 Å². The van der Waals surface area contributed by atoms with Gasteiger partial charge in [-0.3, -0.25) is 0 Å². The van der Waals surface area contributed by atoms with Crippen LogP contribution in [0.3, 0.4) is 0 Å². The second-order valence-corrected chi connectivity index (χ2v) is 7.85. The maximum absolute atomic E-state index is 5.86. The van der Waals surface area contributed by atoms with Crippen LogP contribution < -0.4 is 5.32 Å². The van der Waals surface area contributed by atoms with Crippen molar-refractivity contribution in [2.24, 2.45) is 11.3 Å². The molecule has 1 N–H and O–H groups in total. The van der Waals surface area contributed by atoms with Crippen LogP contribution in [0.4, 0.5) is 0 Å². The maximum Gasteiger partial charge on any atom is 0.0900 e. The van der Waals surface area contributed by atoms with Gasteiger partial charge in [0.1, 0.15) is 0 Å². The van der Waals surface area contributed by atoms with Crippen LogP contribution in [0.2, 0.25) is 0 Å². The summed E-state index contributed by atoms with van der Waals surface area (Å²) in [6.45, 7) is 12.1. The van der Waals surface area contributed by atoms with E-state index in [2.05, 4.69) is 44.9 Å². The quantitative estimate of drug-likeness (QED) is 0.923. The summed E-state index contributed by atoms with van der Waals surface area (Å²) in [6, 6.07) is 0.953. The molecule has 4 unspecified atom stereocenters. The molecule has 1 aliphatic carbocycles. The Morgan fingerprint density at radius 2 is 2.16 bits per heavy atom. The minimum Gasteiger partial charge on any atom is -0.377 e. The van der Waals surface area contributed by atoms with E-state index < -0.39 is 0 Å². The van der Waals surface area contributed by atoms with Gasteiger partial charge < -0.3 is 10.1 Å². The molecule has 1 aliphatic heterocycles. The molecule has 2 heterocycles. The molecule has 0 amide bonds. The lowest BCUT2D eigenvalue weighted by molar-refractivity contribution is -0.115. The summed E-state index contributed by atoms with van der Waals surface area (Å²) in [4.78, 5) is 5.92. The van der Waals surface area contributed by atoms with Crippen molar-refractivity contribution in [3.05, 3.63) is 15.6 Å². The lowest BCUT2D eigenvalue weighted by Gasteiger charge is -2.55. The first kappa shape index (κ1) is 13.5. The van der Waals surface area contributed by atoms with E-state index in [4.69, 9.17) is 4.74 Å². The number of aromatic nitrogens is 1. The van der Waals surface area contributed by atoms with Crippen LogP contribution in [0.5, 0.6) is 0 Å². The third-order valence-electron chi connectivity index (χ3n) is 4.86. The van der Waals surface area contributed by atoms with Gasteiger partial charge in [0.25, 0.3) is 0 Å². The molecule has 3 rings (SSSR count). The Morgan fingerprint density at radius 3 is 2.79 bits per heavy atom. The van der Waals surface area contributed by atoms with Crippen molar-refractivity contribution >= 4 is 11.3 Å². The zero-order chi connectivity index (χ0) is 13.8. The van der Waals surface area contributed by atoms with E-state index in [9.17, 15) is 0 Å². The van der Waals surface area contributed by atoms with Gasteiger partial charge in [0.05, 0.1) is 16.8 Å². The zero-order valence-corrected chi connectivity index (χ0v) is 13.3. The van der Waals surface area contributed by atoms with Crippen LogP contribution in [0.1, 0.15) is 48.8 Å². The van der Waals surface area contributed by atoms with Crippen molar-refractivity contribution in [1.29, 1.82) is 0 Å². The predicted octanol–water partition coefficient (Wildman–Crippen LogP) is 3.22. The molecule has 3 nitrogen and oxygen atoms in total. The fraction of sp³-hybridized carbons (Fsp3) is 0.800. The molecule has 19 heavy (non-hydrogen) atoms. The molecule has 1 saturated heterocycles. The van der Waals surface area contributed by atoms with Crippen LogP contribution in [0.25, 0.3) is 0 Å².